The molecule has 0 radical (unpaired) electrons. The summed E-state index contributed by atoms with van der Waals surface area (Å²) in [5, 5.41) is 13.5. The number of aliphatic carboxylic acids is 1. The lowest BCUT2D eigenvalue weighted by Gasteiger charge is -2.31. The molecule has 0 bridgehead atoms. The molecule has 0 spiro atoms. The van der Waals surface area contributed by atoms with E-state index in [0.29, 0.717) is 0 Å². The molecular weight excluding hydrogens is 252 g/mol. The van der Waals surface area contributed by atoms with Crippen molar-refractivity contribution in [1.29, 1.82) is 0 Å². The van der Waals surface area contributed by atoms with Crippen LogP contribution in [-0.4, -0.2) is 22.1 Å². The fourth-order valence-corrected chi connectivity index (χ4v) is 2.16. The molecule has 2 N–H and O–H groups in total. The normalized spacial score (nSPS) is 13.2. The average molecular weight is 272 g/mol. The highest BCUT2D eigenvalue weighted by molar-refractivity contribution is 5.91. The third kappa shape index (κ3) is 3.26. The topological polar surface area (TPSA) is 62.2 Å². The van der Waals surface area contributed by atoms with Gasteiger partial charge in [0, 0.05) is 23.3 Å². The van der Waals surface area contributed by atoms with Crippen LogP contribution >= 0.6 is 0 Å². The maximum Gasteiger partial charge on any atom is 0.305 e. The van der Waals surface area contributed by atoms with E-state index in [1.165, 1.54) is 0 Å². The molecule has 1 aromatic carbocycles. The summed E-state index contributed by atoms with van der Waals surface area (Å²) in [7, 11) is 0. The standard InChI is InChI=1S/C16H20N2O2/c1-16(2,3)14(10-15(19)20)18-13-8-9-17-12-7-5-4-6-11(12)13/h4-9,14H,10H2,1-3H3,(H,17,18)(H,19,20). The van der Waals surface area contributed by atoms with Crippen LogP contribution < -0.4 is 5.32 Å². The van der Waals surface area contributed by atoms with Crippen molar-refractivity contribution in [2.24, 2.45) is 5.41 Å². The molecule has 0 aliphatic rings. The van der Waals surface area contributed by atoms with E-state index < -0.39 is 5.97 Å². The molecule has 106 valence electrons. The highest BCUT2D eigenvalue weighted by Gasteiger charge is 2.27. The molecule has 1 unspecified atom stereocenters. The van der Waals surface area contributed by atoms with Gasteiger partial charge in [-0.1, -0.05) is 39.0 Å². The first-order valence-electron chi connectivity index (χ1n) is 6.70. The first-order chi connectivity index (χ1) is 9.38. The highest BCUT2D eigenvalue weighted by atomic mass is 16.4. The number of carbonyl (C=O) groups is 1. The first kappa shape index (κ1) is 14.3. The van der Waals surface area contributed by atoms with E-state index in [0.717, 1.165) is 16.6 Å². The van der Waals surface area contributed by atoms with Gasteiger partial charge in [-0.2, -0.15) is 0 Å². The van der Waals surface area contributed by atoms with Gasteiger partial charge in [0.2, 0.25) is 0 Å². The van der Waals surface area contributed by atoms with Crippen LogP contribution in [0.4, 0.5) is 5.69 Å². The van der Waals surface area contributed by atoms with Gasteiger partial charge < -0.3 is 10.4 Å². The zero-order valence-electron chi connectivity index (χ0n) is 12.1. The molecule has 0 fully saturated rings. The van der Waals surface area contributed by atoms with Crippen LogP contribution in [-0.2, 0) is 4.79 Å². The SMILES string of the molecule is CC(C)(C)C(CC(=O)O)Nc1ccnc2ccccc12. The van der Waals surface area contributed by atoms with Crippen LogP contribution in [0.2, 0.25) is 0 Å². The van der Waals surface area contributed by atoms with Crippen molar-refractivity contribution >= 4 is 22.6 Å². The van der Waals surface area contributed by atoms with Crippen molar-refractivity contribution in [3.63, 3.8) is 0 Å². The monoisotopic (exact) mass is 272 g/mol. The van der Waals surface area contributed by atoms with Crippen molar-refractivity contribution < 1.29 is 9.90 Å². The Kier molecular flexibility index (Phi) is 3.93. The van der Waals surface area contributed by atoms with Crippen LogP contribution in [0.1, 0.15) is 27.2 Å². The maximum atomic E-state index is 11.1. The Hall–Kier alpha value is -2.10. The van der Waals surface area contributed by atoms with E-state index in [2.05, 4.69) is 10.3 Å². The number of pyridine rings is 1. The van der Waals surface area contributed by atoms with Crippen LogP contribution in [0.25, 0.3) is 10.9 Å². The Labute approximate surface area is 118 Å². The molecule has 4 nitrogen and oxygen atoms in total. The van der Waals surface area contributed by atoms with Gasteiger partial charge in [0.05, 0.1) is 11.9 Å². The van der Waals surface area contributed by atoms with Gasteiger partial charge in [-0.05, 0) is 17.5 Å². The minimum atomic E-state index is -0.796. The van der Waals surface area contributed by atoms with Gasteiger partial charge in [-0.25, -0.2) is 0 Å². The molecule has 0 aliphatic carbocycles. The fourth-order valence-electron chi connectivity index (χ4n) is 2.16. The smallest absolute Gasteiger partial charge is 0.305 e. The molecule has 20 heavy (non-hydrogen) atoms. The number of carboxylic acid groups (broad SMARTS) is 1. The van der Waals surface area contributed by atoms with E-state index in [1.807, 2.05) is 51.1 Å². The summed E-state index contributed by atoms with van der Waals surface area (Å²) in [6, 6.07) is 9.58. The molecule has 1 heterocycles. The summed E-state index contributed by atoms with van der Waals surface area (Å²) in [6.45, 7) is 6.12. The number of rotatable bonds is 4. The molecule has 0 amide bonds. The second-order valence-corrected chi connectivity index (χ2v) is 6.04. The lowest BCUT2D eigenvalue weighted by atomic mass is 9.84. The van der Waals surface area contributed by atoms with Crippen molar-refractivity contribution in [3.8, 4) is 0 Å². The Morgan fingerprint density at radius 3 is 2.65 bits per heavy atom. The minimum absolute atomic E-state index is 0.0835. The third-order valence-electron chi connectivity index (χ3n) is 3.40. The molecule has 1 atom stereocenters. The number of nitrogens with one attached hydrogen (secondary N) is 1. The zero-order valence-corrected chi connectivity index (χ0v) is 12.1. The Morgan fingerprint density at radius 1 is 1.30 bits per heavy atom. The van der Waals surface area contributed by atoms with Gasteiger partial charge in [0.1, 0.15) is 0 Å². The number of para-hydroxylation sites is 1. The largest absolute Gasteiger partial charge is 0.481 e. The van der Waals surface area contributed by atoms with Gasteiger partial charge in [-0.15, -0.1) is 0 Å². The molecule has 0 saturated heterocycles. The van der Waals surface area contributed by atoms with Crippen LogP contribution in [0.3, 0.4) is 0 Å². The highest BCUT2D eigenvalue weighted by Crippen LogP contribution is 2.28. The van der Waals surface area contributed by atoms with Crippen LogP contribution in [0, 0.1) is 5.41 Å². The lowest BCUT2D eigenvalue weighted by Crippen LogP contribution is -2.36. The number of carboxylic acids is 1. The second kappa shape index (κ2) is 5.49. The minimum Gasteiger partial charge on any atom is -0.481 e. The molecule has 1 aromatic heterocycles. The van der Waals surface area contributed by atoms with E-state index in [4.69, 9.17) is 5.11 Å². The van der Waals surface area contributed by atoms with E-state index in [9.17, 15) is 4.79 Å². The van der Waals surface area contributed by atoms with Crippen molar-refractivity contribution in [3.05, 3.63) is 36.5 Å². The lowest BCUT2D eigenvalue weighted by molar-refractivity contribution is -0.137. The van der Waals surface area contributed by atoms with Crippen molar-refractivity contribution in [2.75, 3.05) is 5.32 Å². The molecule has 2 aromatic rings. The molecule has 0 saturated carbocycles. The Bertz CT molecular complexity index is 612. The number of anilines is 1. The fraction of sp³-hybridized carbons (Fsp3) is 0.375. The van der Waals surface area contributed by atoms with Gasteiger partial charge >= 0.3 is 5.97 Å². The van der Waals surface area contributed by atoms with E-state index in [-0.39, 0.29) is 17.9 Å². The van der Waals surface area contributed by atoms with E-state index >= 15 is 0 Å². The van der Waals surface area contributed by atoms with Gasteiger partial charge in [0.15, 0.2) is 0 Å². The van der Waals surface area contributed by atoms with Gasteiger partial charge in [-0.3, -0.25) is 9.78 Å². The number of hydrogen-bond donors (Lipinski definition) is 2. The molecule has 0 aliphatic heterocycles. The number of aromatic nitrogens is 1. The summed E-state index contributed by atoms with van der Waals surface area (Å²) < 4.78 is 0. The number of hydrogen-bond acceptors (Lipinski definition) is 3. The average Bonchev–Trinajstić information content (AvgIpc) is 2.37. The zero-order chi connectivity index (χ0) is 14.8. The van der Waals surface area contributed by atoms with Gasteiger partial charge in [0.25, 0.3) is 0 Å². The van der Waals surface area contributed by atoms with Crippen LogP contribution in [0.5, 0.6) is 0 Å². The number of benzene rings is 1. The predicted molar refractivity (Wildman–Crippen MR) is 80.9 cm³/mol. The number of fused-ring (bicyclic) bond motifs is 1. The second-order valence-electron chi connectivity index (χ2n) is 6.04. The Morgan fingerprint density at radius 2 is 2.00 bits per heavy atom. The summed E-state index contributed by atoms with van der Waals surface area (Å²) >= 11 is 0. The summed E-state index contributed by atoms with van der Waals surface area (Å²) in [5.41, 5.74) is 1.68. The summed E-state index contributed by atoms with van der Waals surface area (Å²) in [5.74, 6) is -0.796. The van der Waals surface area contributed by atoms with Crippen molar-refractivity contribution in [2.45, 2.75) is 33.2 Å². The van der Waals surface area contributed by atoms with Crippen LogP contribution in [0.15, 0.2) is 36.5 Å². The molecule has 2 rings (SSSR count). The Balaban J connectivity index is 2.36. The number of nitrogens with zero attached hydrogens (tertiary/aromatic N) is 1. The van der Waals surface area contributed by atoms with Crippen molar-refractivity contribution in [1.82, 2.24) is 4.98 Å². The third-order valence-corrected chi connectivity index (χ3v) is 3.40. The molecular formula is C16H20N2O2. The summed E-state index contributed by atoms with van der Waals surface area (Å²) in [4.78, 5) is 15.4. The summed E-state index contributed by atoms with van der Waals surface area (Å²) in [6.07, 6.45) is 1.82. The predicted octanol–water partition coefficient (Wildman–Crippen LogP) is 3.54. The maximum absolute atomic E-state index is 11.1. The van der Waals surface area contributed by atoms with E-state index in [1.54, 1.807) is 6.20 Å². The molecule has 4 heteroatoms. The quantitative estimate of drug-likeness (QED) is 0.893. The first-order valence-corrected chi connectivity index (χ1v) is 6.70.